The van der Waals surface area contributed by atoms with Crippen molar-refractivity contribution in [3.05, 3.63) is 66.0 Å². The lowest BCUT2D eigenvalue weighted by atomic mass is 10.0. The number of benzene rings is 1. The van der Waals surface area contributed by atoms with E-state index in [1.54, 1.807) is 13.0 Å². The Kier molecular flexibility index (Phi) is 19.3. The Hall–Kier alpha value is -3.06. The van der Waals surface area contributed by atoms with Crippen molar-refractivity contribution in [1.82, 2.24) is 4.90 Å². The van der Waals surface area contributed by atoms with Crippen molar-refractivity contribution >= 4 is 23.9 Å². The van der Waals surface area contributed by atoms with E-state index in [9.17, 15) is 18.8 Å². The largest absolute Gasteiger partial charge is 0.465 e. The smallest absolute Gasteiger partial charge is 0.338 e. The molecule has 1 aromatic rings. The van der Waals surface area contributed by atoms with Crippen LogP contribution in [0.15, 0.2) is 60.2 Å². The van der Waals surface area contributed by atoms with Gasteiger partial charge in [-0.05, 0) is 71.1 Å². The highest BCUT2D eigenvalue weighted by molar-refractivity contribution is 6.06. The number of nitrogens with zero attached hydrogens (tertiary/aromatic N) is 1. The fraction of sp³-hybridized carbons (Fsp3) is 0.400. The molecule has 1 rings (SSSR count). The standard InChI is InChI=1S/C11H14O3.C7H6FNO.C7H17N/c1-5-7-10(11(13)14-4)9(6-2)8(3)12;8-6-1-3-7(4-2-6)9-5-10;1-4-6-8(3)7-5-2/h5-7H,2H2,1,3-4H3;1-5H,(H,9,10);4-7H2,1-3H3/b7-5-,10-9-;;. The number of anilines is 1. The number of allylic oxidation sites excluding steroid dienone is 3. The van der Waals surface area contributed by atoms with Gasteiger partial charge in [-0.1, -0.05) is 38.7 Å². The van der Waals surface area contributed by atoms with Crippen molar-refractivity contribution in [2.24, 2.45) is 0 Å². The zero-order chi connectivity index (χ0) is 24.9. The Balaban J connectivity index is 0. The molecule has 0 atom stereocenters. The van der Waals surface area contributed by atoms with Gasteiger partial charge in [-0.3, -0.25) is 9.59 Å². The van der Waals surface area contributed by atoms with E-state index in [0.717, 1.165) is 0 Å². The van der Waals surface area contributed by atoms with E-state index < -0.39 is 5.97 Å². The number of methoxy groups -OCH3 is 1. The maximum absolute atomic E-state index is 12.2. The van der Waals surface area contributed by atoms with Crippen molar-refractivity contribution in [3.63, 3.8) is 0 Å². The Morgan fingerprint density at radius 1 is 1.12 bits per heavy atom. The second-order valence-electron chi connectivity index (χ2n) is 6.65. The summed E-state index contributed by atoms with van der Waals surface area (Å²) in [5.74, 6) is -1.05. The third-order valence-corrected chi connectivity index (χ3v) is 3.89. The highest BCUT2D eigenvalue weighted by atomic mass is 19.1. The van der Waals surface area contributed by atoms with Gasteiger partial charge in [0.05, 0.1) is 12.7 Å². The molecule has 0 spiro atoms. The second kappa shape index (κ2) is 19.9. The molecule has 0 saturated heterocycles. The van der Waals surface area contributed by atoms with Crippen LogP contribution in [0.2, 0.25) is 0 Å². The summed E-state index contributed by atoms with van der Waals surface area (Å²) >= 11 is 0. The van der Waals surface area contributed by atoms with Gasteiger partial charge in [0.15, 0.2) is 5.78 Å². The minimum absolute atomic E-state index is 0.210. The van der Waals surface area contributed by atoms with Crippen LogP contribution in [0.4, 0.5) is 10.1 Å². The topological polar surface area (TPSA) is 75.7 Å². The van der Waals surface area contributed by atoms with Gasteiger partial charge in [-0.2, -0.15) is 0 Å². The third-order valence-electron chi connectivity index (χ3n) is 3.89. The van der Waals surface area contributed by atoms with E-state index in [1.165, 1.54) is 76.4 Å². The first-order valence-electron chi connectivity index (χ1n) is 10.4. The summed E-state index contributed by atoms with van der Waals surface area (Å²) in [6, 6.07) is 5.55. The van der Waals surface area contributed by atoms with E-state index in [-0.39, 0.29) is 22.7 Å². The van der Waals surface area contributed by atoms with Crippen LogP contribution in [0.25, 0.3) is 0 Å². The van der Waals surface area contributed by atoms with Crippen molar-refractivity contribution in [1.29, 1.82) is 0 Å². The third kappa shape index (κ3) is 14.8. The first-order chi connectivity index (χ1) is 15.2. The first kappa shape index (κ1) is 31.1. The van der Waals surface area contributed by atoms with Gasteiger partial charge in [0.2, 0.25) is 6.41 Å². The molecule has 0 saturated carbocycles. The maximum atomic E-state index is 12.2. The summed E-state index contributed by atoms with van der Waals surface area (Å²) in [4.78, 5) is 34.6. The highest BCUT2D eigenvalue weighted by Gasteiger charge is 2.13. The molecule has 0 aromatic heterocycles. The number of ether oxygens (including phenoxy) is 1. The number of ketones is 1. The second-order valence-corrected chi connectivity index (χ2v) is 6.65. The number of carbonyl (C=O) groups excluding carboxylic acids is 3. The molecule has 0 aliphatic heterocycles. The van der Waals surface area contributed by atoms with Crippen LogP contribution < -0.4 is 5.32 Å². The van der Waals surface area contributed by atoms with Gasteiger partial charge in [0, 0.05) is 11.3 Å². The monoisotopic (exact) mass is 448 g/mol. The van der Waals surface area contributed by atoms with E-state index in [4.69, 9.17) is 0 Å². The van der Waals surface area contributed by atoms with Crippen molar-refractivity contribution < 1.29 is 23.5 Å². The van der Waals surface area contributed by atoms with Crippen LogP contribution in [0, 0.1) is 5.82 Å². The van der Waals surface area contributed by atoms with Crippen LogP contribution in [0.1, 0.15) is 40.5 Å². The van der Waals surface area contributed by atoms with Crippen molar-refractivity contribution in [3.8, 4) is 0 Å². The summed E-state index contributed by atoms with van der Waals surface area (Å²) in [7, 11) is 3.44. The molecule has 1 N–H and O–H groups in total. The molecular weight excluding hydrogens is 411 g/mol. The molecule has 7 heteroatoms. The summed E-state index contributed by atoms with van der Waals surface area (Å²) in [6.45, 7) is 13.5. The Bertz CT molecular complexity index is 750. The molecule has 178 valence electrons. The van der Waals surface area contributed by atoms with Crippen LogP contribution in [0.5, 0.6) is 0 Å². The molecule has 6 nitrogen and oxygen atoms in total. The number of Topliss-reactive ketones (excluding diaryl/α,β-unsaturated/α-hetero) is 1. The van der Waals surface area contributed by atoms with Gasteiger partial charge in [0.1, 0.15) is 5.82 Å². The molecule has 1 amide bonds. The predicted octanol–water partition coefficient (Wildman–Crippen LogP) is 4.94. The molecular formula is C25H37FN2O4. The Morgan fingerprint density at radius 2 is 1.66 bits per heavy atom. The normalized spacial score (nSPS) is 10.8. The molecule has 32 heavy (non-hydrogen) atoms. The number of halogens is 1. The molecule has 1 aromatic carbocycles. The lowest BCUT2D eigenvalue weighted by Gasteiger charge is -2.12. The van der Waals surface area contributed by atoms with Crippen molar-refractivity contribution in [2.75, 3.05) is 32.6 Å². The first-order valence-corrected chi connectivity index (χ1v) is 10.4. The van der Waals surface area contributed by atoms with Gasteiger partial charge >= 0.3 is 5.97 Å². The van der Waals surface area contributed by atoms with Gasteiger partial charge in [0.25, 0.3) is 0 Å². The molecule has 0 radical (unpaired) electrons. The summed E-state index contributed by atoms with van der Waals surface area (Å²) in [5, 5.41) is 2.39. The Labute approximate surface area is 191 Å². The maximum Gasteiger partial charge on any atom is 0.338 e. The van der Waals surface area contributed by atoms with Crippen LogP contribution in [-0.4, -0.2) is 50.3 Å². The number of amides is 1. The molecule has 0 aliphatic rings. The van der Waals surface area contributed by atoms with Crippen LogP contribution in [0.3, 0.4) is 0 Å². The number of carbonyl (C=O) groups is 3. The average Bonchev–Trinajstić information content (AvgIpc) is 2.76. The van der Waals surface area contributed by atoms with E-state index in [0.29, 0.717) is 12.1 Å². The fourth-order valence-electron chi connectivity index (χ4n) is 2.48. The summed E-state index contributed by atoms with van der Waals surface area (Å²) < 4.78 is 16.8. The number of hydrogen-bond acceptors (Lipinski definition) is 5. The molecule has 0 aliphatic carbocycles. The van der Waals surface area contributed by atoms with E-state index in [2.05, 4.69) is 42.4 Å². The minimum atomic E-state index is -0.534. The minimum Gasteiger partial charge on any atom is -0.465 e. The quantitative estimate of drug-likeness (QED) is 0.237. The summed E-state index contributed by atoms with van der Waals surface area (Å²) in [5.41, 5.74) is 1.10. The van der Waals surface area contributed by atoms with Crippen molar-refractivity contribution in [2.45, 2.75) is 40.5 Å². The summed E-state index contributed by atoms with van der Waals surface area (Å²) in [6.07, 6.45) is 7.65. The molecule has 0 heterocycles. The molecule has 0 unspecified atom stereocenters. The number of rotatable bonds is 10. The zero-order valence-electron chi connectivity index (χ0n) is 20.1. The van der Waals surface area contributed by atoms with Gasteiger partial charge in [-0.25, -0.2) is 9.18 Å². The fourth-order valence-corrected chi connectivity index (χ4v) is 2.48. The van der Waals surface area contributed by atoms with Gasteiger partial charge < -0.3 is 15.0 Å². The van der Waals surface area contributed by atoms with Crippen LogP contribution >= 0.6 is 0 Å². The molecule has 0 bridgehead atoms. The average molecular weight is 449 g/mol. The number of hydrogen-bond donors (Lipinski definition) is 1. The van der Waals surface area contributed by atoms with E-state index in [1.807, 2.05) is 0 Å². The predicted molar refractivity (Wildman–Crippen MR) is 129 cm³/mol. The Morgan fingerprint density at radius 3 is 2.00 bits per heavy atom. The molecule has 0 fully saturated rings. The lowest BCUT2D eigenvalue weighted by molar-refractivity contribution is -0.136. The zero-order valence-corrected chi connectivity index (χ0v) is 20.1. The van der Waals surface area contributed by atoms with Gasteiger partial charge in [-0.15, -0.1) is 0 Å². The number of esters is 1. The lowest BCUT2D eigenvalue weighted by Crippen LogP contribution is -2.19. The SMILES string of the molecule is C=C/C(C(C)=O)=C(\C=C/C)C(=O)OC.CCCN(C)CCC.O=CNc1ccc(F)cc1. The van der Waals surface area contributed by atoms with E-state index >= 15 is 0 Å². The number of nitrogens with one attached hydrogen (secondary N) is 1. The highest BCUT2D eigenvalue weighted by Crippen LogP contribution is 2.11. The van der Waals surface area contributed by atoms with Crippen LogP contribution in [-0.2, 0) is 19.1 Å².